The van der Waals surface area contributed by atoms with E-state index in [9.17, 15) is 0 Å². The van der Waals surface area contributed by atoms with E-state index in [2.05, 4.69) is 4.34 Å². The molecule has 0 fully saturated rings. The Morgan fingerprint density at radius 1 is 2.00 bits per heavy atom. The lowest BCUT2D eigenvalue weighted by molar-refractivity contribution is 0.471. The van der Waals surface area contributed by atoms with Crippen LogP contribution >= 0.6 is 0 Å². The highest BCUT2D eigenvalue weighted by atomic mass is 28.2. The summed E-state index contributed by atoms with van der Waals surface area (Å²) in [5.74, 6) is 0. The summed E-state index contributed by atoms with van der Waals surface area (Å²) < 4.78 is 4.53. The molecule has 0 amide bonds. The average molecular weight is 90.0 g/mol. The lowest BCUT2D eigenvalue weighted by atomic mass is 10.4. The lowest BCUT2D eigenvalue weighted by Gasteiger charge is -1.83. The molecule has 0 aliphatic carbocycles. The van der Waals surface area contributed by atoms with E-state index in [1.807, 2.05) is 6.55 Å². The predicted molar refractivity (Wildman–Crippen MR) is 24.9 cm³/mol. The summed E-state index contributed by atoms with van der Waals surface area (Å²) in [5.41, 5.74) is 0. The van der Waals surface area contributed by atoms with Crippen LogP contribution in [0, 0.1) is 0 Å². The second kappa shape index (κ2) is 4.20. The minimum atomic E-state index is -0.336. The molecule has 5 heavy (non-hydrogen) atoms. The molecule has 0 aromatic rings. The van der Waals surface area contributed by atoms with Gasteiger partial charge in [-0.25, -0.2) is 0 Å². The van der Waals surface area contributed by atoms with E-state index < -0.39 is 0 Å². The van der Waals surface area contributed by atoms with Gasteiger partial charge in [0.05, 0.1) is 0 Å². The van der Waals surface area contributed by atoms with Crippen LogP contribution in [-0.2, 0) is 4.34 Å². The second-order valence-corrected chi connectivity index (χ2v) is 1.61. The van der Waals surface area contributed by atoms with Gasteiger partial charge in [0.15, 0.2) is 0 Å². The Labute approximate surface area is 34.4 Å². The van der Waals surface area contributed by atoms with Crippen molar-refractivity contribution in [3.63, 3.8) is 0 Å². The number of hydrogen-bond donors (Lipinski definition) is 1. The van der Waals surface area contributed by atoms with Crippen LogP contribution in [0.4, 0.5) is 0 Å². The Kier molecular flexibility index (Phi) is 4.37. The molecule has 0 rings (SSSR count). The molecule has 4 heteroatoms. The van der Waals surface area contributed by atoms with Gasteiger partial charge < -0.3 is 9.37 Å². The summed E-state index contributed by atoms with van der Waals surface area (Å²) >= 11 is 0. The van der Waals surface area contributed by atoms with Crippen molar-refractivity contribution in [3.05, 3.63) is 0 Å². The van der Waals surface area contributed by atoms with E-state index in [0.717, 1.165) is 0 Å². The first-order chi connectivity index (χ1) is 2.41. The molecule has 0 atom stereocenters. The van der Waals surface area contributed by atoms with Crippen molar-refractivity contribution in [2.24, 2.45) is 0 Å². The average Bonchev–Trinajstić information content (AvgIpc) is 1.41. The molecule has 0 saturated heterocycles. The van der Waals surface area contributed by atoms with Gasteiger partial charge in [-0.05, 0) is 0 Å². The van der Waals surface area contributed by atoms with Crippen LogP contribution in [-0.4, -0.2) is 22.5 Å². The predicted octanol–water partition coefficient (Wildman–Crippen LogP) is -1.61. The van der Waals surface area contributed by atoms with Gasteiger partial charge in [0.25, 0.3) is 0 Å². The molecule has 0 bridgehead atoms. The monoisotopic (exact) mass is 90.0 g/mol. The molecular formula is CH7BO2Si. The van der Waals surface area contributed by atoms with Gasteiger partial charge in [-0.3, -0.25) is 0 Å². The fourth-order valence-electron chi connectivity index (χ4n) is 0.0913. The molecule has 0 unspecified atom stereocenters. The Bertz CT molecular complexity index is 17.1. The fourth-order valence-corrected chi connectivity index (χ4v) is 0.274. The molecule has 0 aromatic carbocycles. The van der Waals surface area contributed by atoms with E-state index in [-0.39, 0.29) is 17.4 Å². The molecule has 2 nitrogen and oxygen atoms in total. The zero-order valence-electron chi connectivity index (χ0n) is 3.27. The van der Waals surface area contributed by atoms with Crippen molar-refractivity contribution in [2.45, 2.75) is 6.55 Å². The van der Waals surface area contributed by atoms with Crippen LogP contribution < -0.4 is 0 Å². The van der Waals surface area contributed by atoms with E-state index in [4.69, 9.17) is 5.02 Å². The maximum atomic E-state index is 7.88. The number of rotatable bonds is 2. The van der Waals surface area contributed by atoms with Gasteiger partial charge in [0.2, 0.25) is 0 Å². The van der Waals surface area contributed by atoms with Gasteiger partial charge in [-0.2, -0.15) is 0 Å². The van der Waals surface area contributed by atoms with Gasteiger partial charge in [0, 0.05) is 0 Å². The van der Waals surface area contributed by atoms with Crippen LogP contribution in [0.3, 0.4) is 0 Å². The van der Waals surface area contributed by atoms with Crippen molar-refractivity contribution in [2.75, 3.05) is 0 Å². The minimum Gasteiger partial charge on any atom is -0.461 e. The first-order valence-electron chi connectivity index (χ1n) is 1.60. The molecule has 1 N–H and O–H groups in total. The smallest absolute Gasteiger partial charge is 0.424 e. The highest BCUT2D eigenvalue weighted by Crippen LogP contribution is 1.53. The summed E-state index contributed by atoms with van der Waals surface area (Å²) in [5, 5.41) is 7.88. The quantitative estimate of drug-likeness (QED) is 0.413. The third-order valence-electron chi connectivity index (χ3n) is 0.295. The molecule has 30 valence electrons. The fraction of sp³-hybridized carbons (Fsp3) is 1.00. The van der Waals surface area contributed by atoms with Crippen LogP contribution in [0.15, 0.2) is 0 Å². The highest BCUT2D eigenvalue weighted by Gasteiger charge is 1.72. The Balaban J connectivity index is 2.19. The van der Waals surface area contributed by atoms with Crippen molar-refractivity contribution >= 4 is 17.4 Å². The third kappa shape index (κ3) is 4.20. The van der Waals surface area contributed by atoms with Crippen LogP contribution in [0.2, 0.25) is 6.55 Å². The van der Waals surface area contributed by atoms with Crippen LogP contribution in [0.1, 0.15) is 0 Å². The van der Waals surface area contributed by atoms with Crippen molar-refractivity contribution < 1.29 is 9.37 Å². The second-order valence-electron chi connectivity index (χ2n) is 0.622. The largest absolute Gasteiger partial charge is 0.461 e. The molecule has 0 heterocycles. The standard InChI is InChI=1S/CH7BO2Si/c1-5-4-2-3/h2-3H,5H2,1H3. The highest BCUT2D eigenvalue weighted by molar-refractivity contribution is 6.37. The normalized spacial score (nSPS) is 10.0. The van der Waals surface area contributed by atoms with Crippen molar-refractivity contribution in [1.29, 1.82) is 0 Å². The van der Waals surface area contributed by atoms with Gasteiger partial charge in [-0.1, -0.05) is 6.55 Å². The maximum absolute atomic E-state index is 7.88. The SMILES string of the molecule is C[SiH2]OBO. The molecule has 0 radical (unpaired) electrons. The van der Waals surface area contributed by atoms with E-state index in [1.54, 1.807) is 0 Å². The molecule has 0 aromatic heterocycles. The topological polar surface area (TPSA) is 29.5 Å². The van der Waals surface area contributed by atoms with Gasteiger partial charge in [0.1, 0.15) is 9.76 Å². The van der Waals surface area contributed by atoms with E-state index in [1.165, 1.54) is 0 Å². The van der Waals surface area contributed by atoms with Crippen molar-refractivity contribution in [3.8, 4) is 0 Å². The zero-order valence-corrected chi connectivity index (χ0v) is 4.68. The lowest BCUT2D eigenvalue weighted by Crippen LogP contribution is -1.97. The first-order valence-corrected chi connectivity index (χ1v) is 3.59. The first kappa shape index (κ1) is 5.20. The van der Waals surface area contributed by atoms with Crippen LogP contribution in [0.5, 0.6) is 0 Å². The molecule has 0 saturated carbocycles. The molecule has 0 spiro atoms. The zero-order chi connectivity index (χ0) is 4.12. The van der Waals surface area contributed by atoms with Gasteiger partial charge in [-0.15, -0.1) is 0 Å². The van der Waals surface area contributed by atoms with Crippen molar-refractivity contribution in [1.82, 2.24) is 0 Å². The Morgan fingerprint density at radius 3 is 2.60 bits per heavy atom. The maximum Gasteiger partial charge on any atom is 0.424 e. The Morgan fingerprint density at radius 2 is 2.60 bits per heavy atom. The van der Waals surface area contributed by atoms with E-state index in [0.29, 0.717) is 0 Å². The summed E-state index contributed by atoms with van der Waals surface area (Å²) in [4.78, 5) is 0. The summed E-state index contributed by atoms with van der Waals surface area (Å²) in [6.07, 6.45) is 0. The molecule has 0 aliphatic rings. The third-order valence-corrected chi connectivity index (χ3v) is 0.886. The van der Waals surface area contributed by atoms with Crippen LogP contribution in [0.25, 0.3) is 0 Å². The summed E-state index contributed by atoms with van der Waals surface area (Å²) in [7, 11) is -0.431. The Hall–Kier alpha value is 0.202. The molecule has 0 aliphatic heterocycles. The molecular weight excluding hydrogens is 82.9 g/mol. The summed E-state index contributed by atoms with van der Waals surface area (Å²) in [6.45, 7) is 1.97. The summed E-state index contributed by atoms with van der Waals surface area (Å²) in [6, 6.07) is 0. The minimum absolute atomic E-state index is 0.0945. The van der Waals surface area contributed by atoms with Gasteiger partial charge >= 0.3 is 7.69 Å². The van der Waals surface area contributed by atoms with E-state index >= 15 is 0 Å². The number of hydrogen-bond acceptors (Lipinski definition) is 2.